The van der Waals surface area contributed by atoms with Crippen LogP contribution in [-0.4, -0.2) is 31.7 Å². The smallest absolute Gasteiger partial charge is 0.184 e. The highest BCUT2D eigenvalue weighted by Crippen LogP contribution is 2.36. The minimum Gasteiger partial charge on any atom is -0.494 e. The van der Waals surface area contributed by atoms with E-state index in [1.54, 1.807) is 22.8 Å². The standard InChI is InChI=1S/C16H20N6O/c1-5-12-14(9-21(2)19-12)18-13-8-6-7-11(15(13)23-4)16-17-10-22(3)20-16/h6-10,18H,5H2,1-4H3. The Kier molecular flexibility index (Phi) is 4.01. The molecule has 0 aliphatic rings. The highest BCUT2D eigenvalue weighted by atomic mass is 16.5. The monoisotopic (exact) mass is 312 g/mol. The van der Waals surface area contributed by atoms with Crippen molar-refractivity contribution in [3.63, 3.8) is 0 Å². The number of anilines is 2. The summed E-state index contributed by atoms with van der Waals surface area (Å²) in [7, 11) is 5.40. The average molecular weight is 312 g/mol. The summed E-state index contributed by atoms with van der Waals surface area (Å²) in [5.41, 5.74) is 3.69. The second-order valence-electron chi connectivity index (χ2n) is 5.27. The van der Waals surface area contributed by atoms with Crippen LogP contribution in [0.2, 0.25) is 0 Å². The van der Waals surface area contributed by atoms with Gasteiger partial charge in [0, 0.05) is 20.3 Å². The predicted molar refractivity (Wildman–Crippen MR) is 88.9 cm³/mol. The summed E-state index contributed by atoms with van der Waals surface area (Å²) in [6.45, 7) is 2.08. The summed E-state index contributed by atoms with van der Waals surface area (Å²) in [5, 5.41) is 12.2. The lowest BCUT2D eigenvalue weighted by Crippen LogP contribution is -1.99. The van der Waals surface area contributed by atoms with E-state index < -0.39 is 0 Å². The van der Waals surface area contributed by atoms with E-state index in [2.05, 4.69) is 27.4 Å². The fourth-order valence-electron chi connectivity index (χ4n) is 2.54. The van der Waals surface area contributed by atoms with Crippen molar-refractivity contribution in [3.8, 4) is 17.1 Å². The van der Waals surface area contributed by atoms with E-state index in [9.17, 15) is 0 Å². The number of rotatable bonds is 5. The lowest BCUT2D eigenvalue weighted by atomic mass is 10.1. The molecular weight excluding hydrogens is 292 g/mol. The van der Waals surface area contributed by atoms with Gasteiger partial charge in [0.15, 0.2) is 11.6 Å². The predicted octanol–water partition coefficient (Wildman–Crippen LogP) is 2.53. The fraction of sp³-hybridized carbons (Fsp3) is 0.312. The number of nitrogens with zero attached hydrogens (tertiary/aromatic N) is 5. The molecule has 0 radical (unpaired) electrons. The Morgan fingerprint density at radius 1 is 1.13 bits per heavy atom. The van der Waals surface area contributed by atoms with Crippen LogP contribution >= 0.6 is 0 Å². The topological polar surface area (TPSA) is 69.8 Å². The second kappa shape index (κ2) is 6.12. The van der Waals surface area contributed by atoms with Gasteiger partial charge in [-0.1, -0.05) is 13.0 Å². The number of benzene rings is 1. The molecular formula is C16H20N6O. The first-order chi connectivity index (χ1) is 11.1. The second-order valence-corrected chi connectivity index (χ2v) is 5.27. The third-order valence-corrected chi connectivity index (χ3v) is 3.57. The van der Waals surface area contributed by atoms with Gasteiger partial charge in [-0.15, -0.1) is 0 Å². The van der Waals surface area contributed by atoms with Gasteiger partial charge in [0.25, 0.3) is 0 Å². The van der Waals surface area contributed by atoms with Crippen molar-refractivity contribution in [3.05, 3.63) is 36.4 Å². The highest BCUT2D eigenvalue weighted by molar-refractivity contribution is 5.78. The van der Waals surface area contributed by atoms with Gasteiger partial charge in [-0.2, -0.15) is 10.2 Å². The van der Waals surface area contributed by atoms with Crippen LogP contribution in [0.5, 0.6) is 5.75 Å². The van der Waals surface area contributed by atoms with E-state index in [1.165, 1.54) is 0 Å². The first-order valence-corrected chi connectivity index (χ1v) is 7.45. The maximum atomic E-state index is 5.61. The number of aryl methyl sites for hydroxylation is 3. The first kappa shape index (κ1) is 15.1. The van der Waals surface area contributed by atoms with E-state index in [0.29, 0.717) is 11.6 Å². The zero-order valence-electron chi connectivity index (χ0n) is 13.7. The molecule has 2 heterocycles. The normalized spacial score (nSPS) is 10.8. The van der Waals surface area contributed by atoms with Crippen LogP contribution in [0.4, 0.5) is 11.4 Å². The number of methoxy groups -OCH3 is 1. The van der Waals surface area contributed by atoms with Crippen molar-refractivity contribution in [2.24, 2.45) is 14.1 Å². The Hall–Kier alpha value is -2.83. The Labute approximate surface area is 134 Å². The third-order valence-electron chi connectivity index (χ3n) is 3.57. The van der Waals surface area contributed by atoms with Gasteiger partial charge >= 0.3 is 0 Å². The minimum atomic E-state index is 0.634. The van der Waals surface area contributed by atoms with Gasteiger partial charge in [0.1, 0.15) is 6.33 Å². The van der Waals surface area contributed by atoms with Gasteiger partial charge in [-0.3, -0.25) is 9.36 Å². The molecule has 0 amide bonds. The van der Waals surface area contributed by atoms with Crippen LogP contribution < -0.4 is 10.1 Å². The molecule has 3 aromatic rings. The Balaban J connectivity index is 2.02. The number of nitrogens with one attached hydrogen (secondary N) is 1. The molecule has 1 N–H and O–H groups in total. The molecule has 7 heteroatoms. The molecule has 0 saturated carbocycles. The zero-order valence-corrected chi connectivity index (χ0v) is 13.7. The SMILES string of the molecule is CCc1nn(C)cc1Nc1cccc(-c2ncn(C)n2)c1OC. The van der Waals surface area contributed by atoms with Crippen molar-refractivity contribution < 1.29 is 4.74 Å². The fourth-order valence-corrected chi connectivity index (χ4v) is 2.54. The molecule has 120 valence electrons. The van der Waals surface area contributed by atoms with Crippen LogP contribution in [-0.2, 0) is 20.5 Å². The Morgan fingerprint density at radius 2 is 1.96 bits per heavy atom. The molecule has 0 aliphatic carbocycles. The van der Waals surface area contributed by atoms with Gasteiger partial charge < -0.3 is 10.1 Å². The molecule has 0 fully saturated rings. The van der Waals surface area contributed by atoms with Gasteiger partial charge in [-0.25, -0.2) is 4.98 Å². The number of hydrogen-bond acceptors (Lipinski definition) is 5. The zero-order chi connectivity index (χ0) is 16.4. The van der Waals surface area contributed by atoms with Crippen LogP contribution in [0, 0.1) is 0 Å². The lowest BCUT2D eigenvalue weighted by molar-refractivity contribution is 0.418. The number of para-hydroxylation sites is 1. The van der Waals surface area contributed by atoms with Gasteiger partial charge in [-0.05, 0) is 18.6 Å². The summed E-state index contributed by atoms with van der Waals surface area (Å²) in [4.78, 5) is 4.31. The molecule has 0 bridgehead atoms. The molecule has 2 aromatic heterocycles. The van der Waals surface area contributed by atoms with E-state index in [-0.39, 0.29) is 0 Å². The molecule has 23 heavy (non-hydrogen) atoms. The molecule has 0 saturated heterocycles. The summed E-state index contributed by atoms with van der Waals surface area (Å²) >= 11 is 0. The van der Waals surface area contributed by atoms with Crippen molar-refractivity contribution in [2.75, 3.05) is 12.4 Å². The van der Waals surface area contributed by atoms with E-state index in [0.717, 1.165) is 29.1 Å². The quantitative estimate of drug-likeness (QED) is 0.784. The Bertz CT molecular complexity index is 820. The summed E-state index contributed by atoms with van der Waals surface area (Å²) in [6.07, 6.45) is 4.49. The number of ether oxygens (including phenoxy) is 1. The van der Waals surface area contributed by atoms with Gasteiger partial charge in [0.05, 0.1) is 29.7 Å². The van der Waals surface area contributed by atoms with E-state index >= 15 is 0 Å². The number of hydrogen-bond donors (Lipinski definition) is 1. The summed E-state index contributed by atoms with van der Waals surface area (Å²) < 4.78 is 9.09. The van der Waals surface area contributed by atoms with Crippen LogP contribution in [0.15, 0.2) is 30.7 Å². The van der Waals surface area contributed by atoms with Crippen LogP contribution in [0.25, 0.3) is 11.4 Å². The largest absolute Gasteiger partial charge is 0.494 e. The molecule has 1 aromatic carbocycles. The molecule has 0 aliphatic heterocycles. The summed E-state index contributed by atoms with van der Waals surface area (Å²) in [5.74, 6) is 1.35. The van der Waals surface area contributed by atoms with Crippen LogP contribution in [0.3, 0.4) is 0 Å². The average Bonchev–Trinajstić information content (AvgIpc) is 3.12. The van der Waals surface area contributed by atoms with E-state index in [4.69, 9.17) is 4.74 Å². The maximum Gasteiger partial charge on any atom is 0.184 e. The van der Waals surface area contributed by atoms with Crippen molar-refractivity contribution in [2.45, 2.75) is 13.3 Å². The molecule has 0 unspecified atom stereocenters. The molecule has 0 atom stereocenters. The van der Waals surface area contributed by atoms with Crippen molar-refractivity contribution >= 4 is 11.4 Å². The summed E-state index contributed by atoms with van der Waals surface area (Å²) in [6, 6.07) is 5.87. The lowest BCUT2D eigenvalue weighted by Gasteiger charge is -2.13. The minimum absolute atomic E-state index is 0.634. The van der Waals surface area contributed by atoms with Gasteiger partial charge in [0.2, 0.25) is 0 Å². The maximum absolute atomic E-state index is 5.61. The van der Waals surface area contributed by atoms with Crippen molar-refractivity contribution in [1.82, 2.24) is 24.5 Å². The number of aromatic nitrogens is 5. The van der Waals surface area contributed by atoms with Crippen LogP contribution in [0.1, 0.15) is 12.6 Å². The third kappa shape index (κ3) is 2.90. The molecule has 7 nitrogen and oxygen atoms in total. The highest BCUT2D eigenvalue weighted by Gasteiger charge is 2.15. The molecule has 0 spiro atoms. The molecule has 3 rings (SSSR count). The van der Waals surface area contributed by atoms with Crippen molar-refractivity contribution in [1.29, 1.82) is 0 Å². The van der Waals surface area contributed by atoms with E-state index in [1.807, 2.05) is 38.5 Å². The first-order valence-electron chi connectivity index (χ1n) is 7.45. The Morgan fingerprint density at radius 3 is 2.61 bits per heavy atom.